The van der Waals surface area contributed by atoms with Crippen LogP contribution in [0.1, 0.15) is 55.6 Å². The summed E-state index contributed by atoms with van der Waals surface area (Å²) in [5.41, 5.74) is -0.222. The van der Waals surface area contributed by atoms with E-state index in [0.717, 1.165) is 44.7 Å². The van der Waals surface area contributed by atoms with Crippen LogP contribution in [0.5, 0.6) is 0 Å². The highest BCUT2D eigenvalue weighted by molar-refractivity contribution is 5.91. The van der Waals surface area contributed by atoms with Crippen molar-refractivity contribution in [3.8, 4) is 0 Å². The van der Waals surface area contributed by atoms with Gasteiger partial charge in [0, 0.05) is 45.6 Å². The molecule has 6 nitrogen and oxygen atoms in total. The highest BCUT2D eigenvalue weighted by atomic mass is 16.2. The van der Waals surface area contributed by atoms with Gasteiger partial charge in [0.1, 0.15) is 0 Å². The molecular formula is C19H28N4O2. The van der Waals surface area contributed by atoms with Crippen LogP contribution >= 0.6 is 0 Å². The number of aromatic nitrogens is 2. The second-order valence-electron chi connectivity index (χ2n) is 8.09. The van der Waals surface area contributed by atoms with E-state index in [0.29, 0.717) is 24.8 Å². The van der Waals surface area contributed by atoms with Gasteiger partial charge in [-0.15, -0.1) is 0 Å². The van der Waals surface area contributed by atoms with Gasteiger partial charge in [-0.05, 0) is 44.4 Å². The fourth-order valence-corrected chi connectivity index (χ4v) is 4.63. The van der Waals surface area contributed by atoms with Crippen molar-refractivity contribution in [3.63, 3.8) is 0 Å². The Hall–Kier alpha value is -1.85. The minimum absolute atomic E-state index is 0.0167. The molecule has 6 heteroatoms. The number of aryl methyl sites for hydroxylation is 1. The molecule has 0 N–H and O–H groups in total. The molecule has 1 aromatic rings. The molecule has 2 amide bonds. The zero-order valence-corrected chi connectivity index (χ0v) is 15.1. The van der Waals surface area contributed by atoms with Gasteiger partial charge in [0.05, 0.1) is 5.41 Å². The molecule has 1 aromatic heterocycles. The predicted molar refractivity (Wildman–Crippen MR) is 93.9 cm³/mol. The average Bonchev–Trinajstić information content (AvgIpc) is 3.01. The van der Waals surface area contributed by atoms with Crippen LogP contribution in [0.2, 0.25) is 0 Å². The first kappa shape index (κ1) is 16.6. The molecule has 1 spiro atoms. The lowest BCUT2D eigenvalue weighted by Gasteiger charge is -2.47. The third-order valence-corrected chi connectivity index (χ3v) is 6.55. The molecular weight excluding hydrogens is 316 g/mol. The van der Waals surface area contributed by atoms with Crippen LogP contribution in [0, 0.1) is 11.3 Å². The predicted octanol–water partition coefficient (Wildman–Crippen LogP) is 2.06. The van der Waals surface area contributed by atoms with E-state index in [4.69, 9.17) is 0 Å². The van der Waals surface area contributed by atoms with Crippen molar-refractivity contribution < 1.29 is 9.59 Å². The van der Waals surface area contributed by atoms with E-state index >= 15 is 0 Å². The second-order valence-corrected chi connectivity index (χ2v) is 8.09. The van der Waals surface area contributed by atoms with Gasteiger partial charge >= 0.3 is 0 Å². The molecule has 0 bridgehead atoms. The Morgan fingerprint density at radius 3 is 2.56 bits per heavy atom. The minimum atomic E-state index is -0.222. The first-order valence-corrected chi connectivity index (χ1v) is 9.65. The Labute approximate surface area is 149 Å². The van der Waals surface area contributed by atoms with E-state index in [1.165, 1.54) is 19.3 Å². The summed E-state index contributed by atoms with van der Waals surface area (Å²) in [4.78, 5) is 33.9. The van der Waals surface area contributed by atoms with Gasteiger partial charge in [0.2, 0.25) is 5.91 Å². The Morgan fingerprint density at radius 1 is 1.20 bits per heavy atom. The standard InChI is InChI=1S/C19H28N4O2/c1-21-13-9-20-16(21)17(24)22-11-7-19(8-12-22)6-3-10-23(18(19)25)14-15-4-2-5-15/h9,13,15H,2-8,10-12,14H2,1H3. The second kappa shape index (κ2) is 6.46. The smallest absolute Gasteiger partial charge is 0.289 e. The summed E-state index contributed by atoms with van der Waals surface area (Å²) < 4.78 is 1.76. The van der Waals surface area contributed by atoms with Gasteiger partial charge in [-0.2, -0.15) is 0 Å². The number of carbonyl (C=O) groups is 2. The van der Waals surface area contributed by atoms with E-state index < -0.39 is 0 Å². The Bertz CT molecular complexity index is 656. The third kappa shape index (κ3) is 2.96. The van der Waals surface area contributed by atoms with Gasteiger partial charge < -0.3 is 14.4 Å². The number of imidazole rings is 1. The Balaban J connectivity index is 1.40. The number of nitrogens with zero attached hydrogens (tertiary/aromatic N) is 4. The van der Waals surface area contributed by atoms with E-state index in [1.54, 1.807) is 17.0 Å². The fraction of sp³-hybridized carbons (Fsp3) is 0.737. The largest absolute Gasteiger partial charge is 0.342 e. The van der Waals surface area contributed by atoms with Gasteiger partial charge in [0.15, 0.2) is 5.82 Å². The molecule has 1 aliphatic carbocycles. The highest BCUT2D eigenvalue weighted by Crippen LogP contribution is 2.42. The van der Waals surface area contributed by atoms with Crippen LogP contribution in [-0.2, 0) is 11.8 Å². The maximum atomic E-state index is 13.1. The molecule has 3 fully saturated rings. The Morgan fingerprint density at radius 2 is 1.96 bits per heavy atom. The number of hydrogen-bond donors (Lipinski definition) is 0. The number of likely N-dealkylation sites (tertiary alicyclic amines) is 2. The summed E-state index contributed by atoms with van der Waals surface area (Å²) in [6.07, 6.45) is 11.0. The molecule has 2 saturated heterocycles. The summed E-state index contributed by atoms with van der Waals surface area (Å²) in [6, 6.07) is 0. The van der Waals surface area contributed by atoms with Crippen molar-refractivity contribution >= 4 is 11.8 Å². The highest BCUT2D eigenvalue weighted by Gasteiger charge is 2.46. The lowest BCUT2D eigenvalue weighted by molar-refractivity contribution is -0.150. The lowest BCUT2D eigenvalue weighted by atomic mass is 9.71. The molecule has 3 aliphatic rings. The summed E-state index contributed by atoms with van der Waals surface area (Å²) in [6.45, 7) is 3.20. The normalized spacial score (nSPS) is 23.8. The molecule has 0 atom stereocenters. The topological polar surface area (TPSA) is 58.4 Å². The van der Waals surface area contributed by atoms with Crippen LogP contribution < -0.4 is 0 Å². The summed E-state index contributed by atoms with van der Waals surface area (Å²) >= 11 is 0. The zero-order valence-electron chi connectivity index (χ0n) is 15.1. The van der Waals surface area contributed by atoms with E-state index in [2.05, 4.69) is 9.88 Å². The van der Waals surface area contributed by atoms with Crippen molar-refractivity contribution in [2.75, 3.05) is 26.2 Å². The molecule has 136 valence electrons. The van der Waals surface area contributed by atoms with Gasteiger partial charge in [-0.3, -0.25) is 9.59 Å². The summed E-state index contributed by atoms with van der Waals surface area (Å²) in [5.74, 6) is 1.55. The first-order valence-electron chi connectivity index (χ1n) is 9.65. The van der Waals surface area contributed by atoms with Crippen molar-refractivity contribution in [1.29, 1.82) is 0 Å². The number of piperidine rings is 2. The maximum Gasteiger partial charge on any atom is 0.289 e. The third-order valence-electron chi connectivity index (χ3n) is 6.55. The van der Waals surface area contributed by atoms with E-state index in [1.807, 2.05) is 11.9 Å². The van der Waals surface area contributed by atoms with Gasteiger partial charge in [0.25, 0.3) is 5.91 Å². The lowest BCUT2D eigenvalue weighted by Crippen LogP contribution is -2.55. The van der Waals surface area contributed by atoms with Crippen LogP contribution in [0.3, 0.4) is 0 Å². The number of amides is 2. The molecule has 0 radical (unpaired) electrons. The Kier molecular flexibility index (Phi) is 4.29. The van der Waals surface area contributed by atoms with Crippen LogP contribution in [0.4, 0.5) is 0 Å². The van der Waals surface area contributed by atoms with Crippen molar-refractivity contribution in [2.45, 2.75) is 44.9 Å². The molecule has 0 unspecified atom stereocenters. The molecule has 3 heterocycles. The van der Waals surface area contributed by atoms with E-state index in [9.17, 15) is 9.59 Å². The monoisotopic (exact) mass is 344 g/mol. The number of carbonyl (C=O) groups excluding carboxylic acids is 2. The first-order chi connectivity index (χ1) is 12.1. The molecule has 25 heavy (non-hydrogen) atoms. The van der Waals surface area contributed by atoms with Crippen molar-refractivity contribution in [3.05, 3.63) is 18.2 Å². The molecule has 0 aromatic carbocycles. The maximum absolute atomic E-state index is 13.1. The zero-order chi connectivity index (χ0) is 17.4. The van der Waals surface area contributed by atoms with Gasteiger partial charge in [-0.25, -0.2) is 4.98 Å². The van der Waals surface area contributed by atoms with Gasteiger partial charge in [-0.1, -0.05) is 6.42 Å². The number of rotatable bonds is 3. The number of hydrogen-bond acceptors (Lipinski definition) is 3. The van der Waals surface area contributed by atoms with Crippen molar-refractivity contribution in [2.24, 2.45) is 18.4 Å². The van der Waals surface area contributed by atoms with Crippen LogP contribution in [0.15, 0.2) is 12.4 Å². The van der Waals surface area contributed by atoms with E-state index in [-0.39, 0.29) is 11.3 Å². The minimum Gasteiger partial charge on any atom is -0.342 e. The van der Waals surface area contributed by atoms with Crippen molar-refractivity contribution in [1.82, 2.24) is 19.4 Å². The SMILES string of the molecule is Cn1ccnc1C(=O)N1CCC2(CCCN(CC3CCC3)C2=O)CC1. The quantitative estimate of drug-likeness (QED) is 0.843. The fourth-order valence-electron chi connectivity index (χ4n) is 4.63. The van der Waals surface area contributed by atoms with Crippen LogP contribution in [0.25, 0.3) is 0 Å². The summed E-state index contributed by atoms with van der Waals surface area (Å²) in [5, 5.41) is 0. The van der Waals surface area contributed by atoms with Crippen LogP contribution in [-0.4, -0.2) is 57.3 Å². The molecule has 4 rings (SSSR count). The molecule has 1 saturated carbocycles. The average molecular weight is 344 g/mol. The summed E-state index contributed by atoms with van der Waals surface area (Å²) in [7, 11) is 1.84. The molecule has 2 aliphatic heterocycles.